The van der Waals surface area contributed by atoms with Crippen molar-refractivity contribution in [1.82, 2.24) is 20.4 Å². The summed E-state index contributed by atoms with van der Waals surface area (Å²) < 4.78 is 46.5. The van der Waals surface area contributed by atoms with Crippen LogP contribution in [0.15, 0.2) is 83.4 Å². The minimum atomic E-state index is -4.76. The van der Waals surface area contributed by atoms with Crippen LogP contribution < -0.4 is 10.1 Å². The van der Waals surface area contributed by atoms with Gasteiger partial charge in [-0.05, 0) is 61.0 Å². The van der Waals surface area contributed by atoms with Crippen LogP contribution in [-0.4, -0.2) is 46.9 Å². The van der Waals surface area contributed by atoms with Gasteiger partial charge in [0.1, 0.15) is 5.75 Å². The SMILES string of the molecule is CN1CC(NC(=O)c2ccc(-c3ccccc3)cc2)CC1c1nc(-c2ccc(OC(F)(F)F)cc2)no1. The molecule has 1 N–H and O–H groups in total. The fraction of sp³-hybridized carbons (Fsp3) is 0.222. The molecule has 1 aliphatic heterocycles. The number of likely N-dealkylation sites (tertiary alicyclic amines) is 1. The van der Waals surface area contributed by atoms with Gasteiger partial charge in [-0.2, -0.15) is 4.98 Å². The molecule has 190 valence electrons. The predicted octanol–water partition coefficient (Wildman–Crippen LogP) is 5.48. The van der Waals surface area contributed by atoms with Crippen molar-refractivity contribution in [2.24, 2.45) is 0 Å². The minimum Gasteiger partial charge on any atom is -0.406 e. The Morgan fingerprint density at radius 1 is 0.973 bits per heavy atom. The van der Waals surface area contributed by atoms with Crippen molar-refractivity contribution < 1.29 is 27.2 Å². The maximum absolute atomic E-state index is 12.8. The first-order valence-corrected chi connectivity index (χ1v) is 11.6. The summed E-state index contributed by atoms with van der Waals surface area (Å²) in [5.74, 6) is 0.139. The van der Waals surface area contributed by atoms with Gasteiger partial charge in [0.15, 0.2) is 0 Å². The average Bonchev–Trinajstić information content (AvgIpc) is 3.51. The second-order valence-corrected chi connectivity index (χ2v) is 8.83. The fourth-order valence-electron chi connectivity index (χ4n) is 4.40. The van der Waals surface area contributed by atoms with Crippen molar-refractivity contribution in [3.63, 3.8) is 0 Å². The molecule has 0 radical (unpaired) electrons. The minimum absolute atomic E-state index is 0.120. The molecule has 10 heteroatoms. The zero-order valence-electron chi connectivity index (χ0n) is 19.8. The van der Waals surface area contributed by atoms with Gasteiger partial charge in [0.25, 0.3) is 5.91 Å². The summed E-state index contributed by atoms with van der Waals surface area (Å²) in [7, 11) is 1.90. The summed E-state index contributed by atoms with van der Waals surface area (Å²) in [6.07, 6.45) is -4.18. The number of alkyl halides is 3. The Labute approximate surface area is 210 Å². The van der Waals surface area contributed by atoms with E-state index in [0.717, 1.165) is 11.1 Å². The Morgan fingerprint density at radius 2 is 1.62 bits per heavy atom. The molecule has 0 spiro atoms. The summed E-state index contributed by atoms with van der Waals surface area (Å²) in [6.45, 7) is 0.597. The molecule has 0 saturated carbocycles. The second-order valence-electron chi connectivity index (χ2n) is 8.83. The topological polar surface area (TPSA) is 80.5 Å². The number of halogens is 3. The highest BCUT2D eigenvalue weighted by atomic mass is 19.4. The van der Waals surface area contributed by atoms with E-state index < -0.39 is 6.36 Å². The molecule has 0 bridgehead atoms. The van der Waals surface area contributed by atoms with Crippen LogP contribution in [0, 0.1) is 0 Å². The number of aromatic nitrogens is 2. The lowest BCUT2D eigenvalue weighted by molar-refractivity contribution is -0.274. The highest BCUT2D eigenvalue weighted by Crippen LogP contribution is 2.32. The van der Waals surface area contributed by atoms with Crippen LogP contribution in [0.2, 0.25) is 0 Å². The first kappa shape index (κ1) is 24.5. The molecule has 1 amide bonds. The lowest BCUT2D eigenvalue weighted by Gasteiger charge is -2.14. The van der Waals surface area contributed by atoms with Crippen molar-refractivity contribution >= 4 is 5.91 Å². The number of nitrogens with zero attached hydrogens (tertiary/aromatic N) is 3. The van der Waals surface area contributed by atoms with E-state index in [9.17, 15) is 18.0 Å². The van der Waals surface area contributed by atoms with Crippen molar-refractivity contribution in [2.45, 2.75) is 24.9 Å². The average molecular weight is 509 g/mol. The van der Waals surface area contributed by atoms with Gasteiger partial charge >= 0.3 is 6.36 Å². The lowest BCUT2D eigenvalue weighted by Crippen LogP contribution is -2.36. The molecule has 1 aliphatic rings. The number of hydrogen-bond donors (Lipinski definition) is 1. The van der Waals surface area contributed by atoms with E-state index in [-0.39, 0.29) is 29.6 Å². The van der Waals surface area contributed by atoms with Gasteiger partial charge in [0.05, 0.1) is 6.04 Å². The highest BCUT2D eigenvalue weighted by Gasteiger charge is 2.35. The van der Waals surface area contributed by atoms with E-state index in [2.05, 4.69) is 20.2 Å². The second kappa shape index (κ2) is 10.1. The molecular formula is C27H23F3N4O3. The summed E-state index contributed by atoms with van der Waals surface area (Å²) in [5, 5.41) is 7.04. The smallest absolute Gasteiger partial charge is 0.406 e. The van der Waals surface area contributed by atoms with E-state index in [4.69, 9.17) is 4.52 Å². The lowest BCUT2D eigenvalue weighted by atomic mass is 10.0. The van der Waals surface area contributed by atoms with Gasteiger partial charge in [0, 0.05) is 23.7 Å². The van der Waals surface area contributed by atoms with Gasteiger partial charge in [-0.3, -0.25) is 9.69 Å². The van der Waals surface area contributed by atoms with Gasteiger partial charge < -0.3 is 14.6 Å². The number of ether oxygens (including phenoxy) is 1. The van der Waals surface area contributed by atoms with E-state index >= 15 is 0 Å². The van der Waals surface area contributed by atoms with Gasteiger partial charge in [-0.15, -0.1) is 13.2 Å². The third-order valence-electron chi connectivity index (χ3n) is 6.21. The first-order valence-electron chi connectivity index (χ1n) is 11.6. The number of carbonyl (C=O) groups excluding carboxylic acids is 1. The van der Waals surface area contributed by atoms with Gasteiger partial charge in [0.2, 0.25) is 11.7 Å². The van der Waals surface area contributed by atoms with Crippen LogP contribution in [-0.2, 0) is 0 Å². The third kappa shape index (κ3) is 5.80. The zero-order valence-corrected chi connectivity index (χ0v) is 19.8. The van der Waals surface area contributed by atoms with Gasteiger partial charge in [-0.1, -0.05) is 47.6 Å². The Balaban J connectivity index is 1.21. The first-order chi connectivity index (χ1) is 17.7. The molecule has 1 aromatic heterocycles. The molecule has 2 heterocycles. The van der Waals surface area contributed by atoms with Crippen LogP contribution in [0.1, 0.15) is 28.7 Å². The Hall–Kier alpha value is -4.18. The quantitative estimate of drug-likeness (QED) is 0.372. The van der Waals surface area contributed by atoms with Crippen LogP contribution in [0.3, 0.4) is 0 Å². The number of hydrogen-bond acceptors (Lipinski definition) is 6. The third-order valence-corrected chi connectivity index (χ3v) is 6.21. The monoisotopic (exact) mass is 508 g/mol. The van der Waals surface area contributed by atoms with Crippen LogP contribution in [0.25, 0.3) is 22.5 Å². The molecule has 1 saturated heterocycles. The molecule has 7 nitrogen and oxygen atoms in total. The number of amides is 1. The van der Waals surface area contributed by atoms with Gasteiger partial charge in [-0.25, -0.2) is 0 Å². The molecule has 4 aromatic rings. The van der Waals surface area contributed by atoms with Crippen LogP contribution >= 0.6 is 0 Å². The summed E-state index contributed by atoms with van der Waals surface area (Å²) in [4.78, 5) is 19.3. The van der Waals surface area contributed by atoms with E-state index in [1.807, 2.05) is 66.5 Å². The molecule has 2 atom stereocenters. The Morgan fingerprint density at radius 3 is 2.30 bits per heavy atom. The van der Waals surface area contributed by atoms with E-state index in [1.165, 1.54) is 24.3 Å². The fourth-order valence-corrected chi connectivity index (χ4v) is 4.40. The maximum Gasteiger partial charge on any atom is 0.573 e. The molecule has 0 aliphatic carbocycles. The van der Waals surface area contributed by atoms with Crippen molar-refractivity contribution in [3.05, 3.63) is 90.3 Å². The summed E-state index contributed by atoms with van der Waals surface area (Å²) >= 11 is 0. The summed E-state index contributed by atoms with van der Waals surface area (Å²) in [5.41, 5.74) is 3.18. The van der Waals surface area contributed by atoms with Crippen LogP contribution in [0.5, 0.6) is 5.75 Å². The largest absolute Gasteiger partial charge is 0.573 e. The molecule has 2 unspecified atom stereocenters. The molecular weight excluding hydrogens is 485 g/mol. The molecule has 5 rings (SSSR count). The number of carbonyl (C=O) groups is 1. The molecule has 37 heavy (non-hydrogen) atoms. The number of rotatable bonds is 6. The number of nitrogens with one attached hydrogen (secondary N) is 1. The maximum atomic E-state index is 12.8. The molecule has 1 fully saturated rings. The van der Waals surface area contributed by atoms with Crippen molar-refractivity contribution in [1.29, 1.82) is 0 Å². The zero-order chi connectivity index (χ0) is 26.0. The summed E-state index contributed by atoms with van der Waals surface area (Å²) in [6, 6.07) is 22.3. The Bertz CT molecular complexity index is 1360. The van der Waals surface area contributed by atoms with Crippen molar-refractivity contribution in [3.8, 4) is 28.3 Å². The Kier molecular flexibility index (Phi) is 6.66. The number of benzene rings is 3. The number of likely N-dealkylation sites (N-methyl/N-ethyl adjacent to an activating group) is 1. The van der Waals surface area contributed by atoms with Crippen molar-refractivity contribution in [2.75, 3.05) is 13.6 Å². The predicted molar refractivity (Wildman–Crippen MR) is 130 cm³/mol. The van der Waals surface area contributed by atoms with Crippen LogP contribution in [0.4, 0.5) is 13.2 Å². The van der Waals surface area contributed by atoms with E-state index in [0.29, 0.717) is 30.0 Å². The normalized spacial score (nSPS) is 18.1. The van der Waals surface area contributed by atoms with E-state index in [1.54, 1.807) is 0 Å². The standard InChI is InChI=1S/C27H23F3N4O3/c1-34-16-21(31-25(35)20-9-7-18(8-10-20)17-5-3-2-4-6-17)15-23(34)26-32-24(33-37-26)19-11-13-22(14-12-19)36-27(28,29)30/h2-14,21,23H,15-16H2,1H3,(H,31,35). The highest BCUT2D eigenvalue weighted by molar-refractivity contribution is 5.94. The molecule has 3 aromatic carbocycles.